The first-order valence-corrected chi connectivity index (χ1v) is 5.65. The molecule has 0 saturated carbocycles. The quantitative estimate of drug-likeness (QED) is 0.798. The number of nitrogens with zero attached hydrogens (tertiary/aromatic N) is 1. The van der Waals surface area contributed by atoms with Crippen molar-refractivity contribution in [3.8, 4) is 0 Å². The fraction of sp³-hybridized carbons (Fsp3) is 0.900. The molecule has 0 radical (unpaired) electrons. The average molecular weight is 326 g/mol. The number of rotatable bonds is 5. The molecular formula is C10H20Cl2F3N3O. The zero-order valence-corrected chi connectivity index (χ0v) is 12.3. The zero-order chi connectivity index (χ0) is 12.9. The van der Waals surface area contributed by atoms with E-state index in [-0.39, 0.29) is 49.9 Å². The van der Waals surface area contributed by atoms with Gasteiger partial charge in [0.1, 0.15) is 0 Å². The third kappa shape index (κ3) is 9.32. The number of halogens is 5. The van der Waals surface area contributed by atoms with Crippen LogP contribution in [-0.4, -0.2) is 56.3 Å². The molecule has 1 unspecified atom stereocenters. The van der Waals surface area contributed by atoms with E-state index < -0.39 is 12.7 Å². The molecule has 1 aliphatic rings. The van der Waals surface area contributed by atoms with Gasteiger partial charge in [-0.15, -0.1) is 24.8 Å². The molecule has 4 nitrogen and oxygen atoms in total. The molecule has 9 heteroatoms. The van der Waals surface area contributed by atoms with Crippen molar-refractivity contribution >= 4 is 30.7 Å². The van der Waals surface area contributed by atoms with E-state index in [4.69, 9.17) is 0 Å². The Labute approximate surface area is 123 Å². The minimum atomic E-state index is -4.19. The van der Waals surface area contributed by atoms with E-state index in [0.29, 0.717) is 0 Å². The number of carbonyl (C=O) groups excluding carboxylic acids is 1. The minimum Gasteiger partial charge on any atom is -0.353 e. The summed E-state index contributed by atoms with van der Waals surface area (Å²) < 4.78 is 36.0. The van der Waals surface area contributed by atoms with Crippen molar-refractivity contribution in [2.45, 2.75) is 25.1 Å². The van der Waals surface area contributed by atoms with Gasteiger partial charge < -0.3 is 10.6 Å². The van der Waals surface area contributed by atoms with Crippen molar-refractivity contribution in [1.29, 1.82) is 0 Å². The van der Waals surface area contributed by atoms with Gasteiger partial charge in [0.15, 0.2) is 0 Å². The minimum absolute atomic E-state index is 0. The third-order valence-electron chi connectivity index (χ3n) is 2.62. The van der Waals surface area contributed by atoms with Gasteiger partial charge in [0.2, 0.25) is 5.91 Å². The van der Waals surface area contributed by atoms with Gasteiger partial charge in [0.25, 0.3) is 0 Å². The molecule has 1 heterocycles. The van der Waals surface area contributed by atoms with Gasteiger partial charge in [0, 0.05) is 13.1 Å². The molecular weight excluding hydrogens is 306 g/mol. The number of amides is 1. The maximum absolute atomic E-state index is 12.0. The Kier molecular flexibility index (Phi) is 10.7. The first kappa shape index (κ1) is 21.1. The average Bonchev–Trinajstić information content (AvgIpc) is 2.66. The van der Waals surface area contributed by atoms with Gasteiger partial charge in [0.05, 0.1) is 12.6 Å². The van der Waals surface area contributed by atoms with Crippen molar-refractivity contribution in [3.63, 3.8) is 0 Å². The molecule has 19 heavy (non-hydrogen) atoms. The van der Waals surface area contributed by atoms with Gasteiger partial charge in [-0.3, -0.25) is 9.69 Å². The lowest BCUT2D eigenvalue weighted by molar-refractivity contribution is -0.142. The first-order chi connectivity index (χ1) is 7.88. The number of carbonyl (C=O) groups is 1. The largest absolute Gasteiger partial charge is 0.401 e. The molecule has 1 atom stereocenters. The Hall–Kier alpha value is -0.240. The second kappa shape index (κ2) is 9.63. The van der Waals surface area contributed by atoms with Crippen LogP contribution in [0.15, 0.2) is 0 Å². The topological polar surface area (TPSA) is 44.4 Å². The summed E-state index contributed by atoms with van der Waals surface area (Å²) in [4.78, 5) is 12.6. The zero-order valence-electron chi connectivity index (χ0n) is 10.6. The Morgan fingerprint density at radius 1 is 1.42 bits per heavy atom. The monoisotopic (exact) mass is 325 g/mol. The van der Waals surface area contributed by atoms with Gasteiger partial charge in [-0.25, -0.2) is 0 Å². The molecule has 0 aromatic carbocycles. The molecule has 2 N–H and O–H groups in total. The maximum Gasteiger partial charge on any atom is 0.401 e. The lowest BCUT2D eigenvalue weighted by Crippen LogP contribution is -2.44. The first-order valence-electron chi connectivity index (χ1n) is 5.65. The highest BCUT2D eigenvalue weighted by Gasteiger charge is 2.29. The predicted octanol–water partition coefficient (Wildman–Crippen LogP) is 1.19. The Morgan fingerprint density at radius 3 is 2.53 bits per heavy atom. The van der Waals surface area contributed by atoms with E-state index in [9.17, 15) is 18.0 Å². The molecule has 1 fully saturated rings. The SMILES string of the molecule is CN(CCNC(=O)C1CCCN1)CC(F)(F)F.Cl.Cl. The van der Waals surface area contributed by atoms with Crippen LogP contribution in [0.5, 0.6) is 0 Å². The number of hydrogen-bond acceptors (Lipinski definition) is 3. The highest BCUT2D eigenvalue weighted by molar-refractivity contribution is 5.85. The van der Waals surface area contributed by atoms with E-state index in [1.54, 1.807) is 0 Å². The number of likely N-dealkylation sites (N-methyl/N-ethyl adjacent to an activating group) is 1. The van der Waals surface area contributed by atoms with Gasteiger partial charge >= 0.3 is 6.18 Å². The van der Waals surface area contributed by atoms with E-state index in [1.807, 2.05) is 0 Å². The second-order valence-corrected chi connectivity index (χ2v) is 4.29. The molecule has 0 aromatic heterocycles. The molecule has 0 spiro atoms. The molecule has 1 aliphatic heterocycles. The van der Waals surface area contributed by atoms with Crippen molar-refractivity contribution in [2.24, 2.45) is 0 Å². The summed E-state index contributed by atoms with van der Waals surface area (Å²) in [5.74, 6) is -0.122. The summed E-state index contributed by atoms with van der Waals surface area (Å²) in [7, 11) is 1.38. The van der Waals surface area contributed by atoms with E-state index in [2.05, 4.69) is 10.6 Å². The van der Waals surface area contributed by atoms with E-state index >= 15 is 0 Å². The third-order valence-corrected chi connectivity index (χ3v) is 2.62. The summed E-state index contributed by atoms with van der Waals surface area (Å²) in [6.45, 7) is 0.304. The smallest absolute Gasteiger partial charge is 0.353 e. The van der Waals surface area contributed by atoms with Crippen molar-refractivity contribution in [3.05, 3.63) is 0 Å². The van der Waals surface area contributed by atoms with Crippen LogP contribution < -0.4 is 10.6 Å². The van der Waals surface area contributed by atoms with Crippen LogP contribution in [0, 0.1) is 0 Å². The Bertz CT molecular complexity index is 261. The predicted molar refractivity (Wildman–Crippen MR) is 72.1 cm³/mol. The highest BCUT2D eigenvalue weighted by Crippen LogP contribution is 2.15. The van der Waals surface area contributed by atoms with Gasteiger partial charge in [-0.2, -0.15) is 13.2 Å². The Balaban J connectivity index is 0. The summed E-state index contributed by atoms with van der Waals surface area (Å²) in [6, 6.07) is -0.178. The lowest BCUT2D eigenvalue weighted by atomic mass is 10.2. The fourth-order valence-electron chi connectivity index (χ4n) is 1.79. The number of alkyl halides is 3. The van der Waals surface area contributed by atoms with Gasteiger partial charge in [-0.1, -0.05) is 0 Å². The summed E-state index contributed by atoms with van der Waals surface area (Å²) >= 11 is 0. The number of nitrogens with one attached hydrogen (secondary N) is 2. The molecule has 116 valence electrons. The normalized spacial score (nSPS) is 18.7. The standard InChI is InChI=1S/C10H18F3N3O.2ClH/c1-16(7-10(11,12)13)6-5-15-9(17)8-3-2-4-14-8;;/h8,14H,2-7H2,1H3,(H,15,17);2*1H. The van der Waals surface area contributed by atoms with Crippen molar-refractivity contribution in [2.75, 3.05) is 33.2 Å². The second-order valence-electron chi connectivity index (χ2n) is 4.29. The van der Waals surface area contributed by atoms with Crippen molar-refractivity contribution in [1.82, 2.24) is 15.5 Å². The number of hydrogen-bond donors (Lipinski definition) is 2. The summed E-state index contributed by atoms with van der Waals surface area (Å²) in [6.07, 6.45) is -2.43. The highest BCUT2D eigenvalue weighted by atomic mass is 35.5. The van der Waals surface area contributed by atoms with Crippen LogP contribution in [0.25, 0.3) is 0 Å². The van der Waals surface area contributed by atoms with Crippen LogP contribution in [-0.2, 0) is 4.79 Å². The lowest BCUT2D eigenvalue weighted by Gasteiger charge is -2.19. The summed E-state index contributed by atoms with van der Waals surface area (Å²) in [5.41, 5.74) is 0. The van der Waals surface area contributed by atoms with Crippen LogP contribution in [0.4, 0.5) is 13.2 Å². The summed E-state index contributed by atoms with van der Waals surface area (Å²) in [5, 5.41) is 5.66. The molecule has 1 saturated heterocycles. The van der Waals surface area contributed by atoms with E-state index in [0.717, 1.165) is 24.3 Å². The van der Waals surface area contributed by atoms with Crippen LogP contribution >= 0.6 is 24.8 Å². The van der Waals surface area contributed by atoms with Gasteiger partial charge in [-0.05, 0) is 26.4 Å². The maximum atomic E-state index is 12.0. The van der Waals surface area contributed by atoms with Crippen LogP contribution in [0.3, 0.4) is 0 Å². The molecule has 1 rings (SSSR count). The van der Waals surface area contributed by atoms with Crippen LogP contribution in [0.1, 0.15) is 12.8 Å². The van der Waals surface area contributed by atoms with Crippen LogP contribution in [0.2, 0.25) is 0 Å². The fourth-order valence-corrected chi connectivity index (χ4v) is 1.79. The Morgan fingerprint density at radius 2 is 2.05 bits per heavy atom. The molecule has 1 amide bonds. The molecule has 0 aliphatic carbocycles. The molecule has 0 aromatic rings. The van der Waals surface area contributed by atoms with E-state index in [1.165, 1.54) is 7.05 Å². The van der Waals surface area contributed by atoms with Crippen molar-refractivity contribution < 1.29 is 18.0 Å². The molecule has 0 bridgehead atoms.